The second-order valence-electron chi connectivity index (χ2n) is 6.81. The van der Waals surface area contributed by atoms with Crippen LogP contribution in [0.25, 0.3) is 0 Å². The number of anilines is 1. The molecule has 0 bridgehead atoms. The number of aliphatic hydroxyl groups is 1. The second kappa shape index (κ2) is 6.53. The number of aliphatic hydroxyl groups excluding tert-OH is 1. The first-order valence-corrected chi connectivity index (χ1v) is 7.81. The molecule has 22 heavy (non-hydrogen) atoms. The zero-order valence-electron chi connectivity index (χ0n) is 14.3. The van der Waals surface area contributed by atoms with Crippen LogP contribution in [0.3, 0.4) is 0 Å². The van der Waals surface area contributed by atoms with Crippen LogP contribution in [0.2, 0.25) is 0 Å². The van der Waals surface area contributed by atoms with Gasteiger partial charge in [-0.1, -0.05) is 45.0 Å². The molecule has 4 heteroatoms. The predicted octanol–water partition coefficient (Wildman–Crippen LogP) is 3.40. The van der Waals surface area contributed by atoms with Crippen molar-refractivity contribution in [2.75, 3.05) is 11.9 Å². The quantitative estimate of drug-likeness (QED) is 0.890. The zero-order valence-corrected chi connectivity index (χ0v) is 14.3. The molecule has 1 heterocycles. The standard InChI is InChI=1S/C18H27N3O/c1-13-14(2)20-21(10-11-22)17(13)19-12-15-6-8-16(9-7-15)18(3,4)5/h6-9,19,22H,10-12H2,1-5H3. The van der Waals surface area contributed by atoms with Crippen molar-refractivity contribution >= 4 is 5.82 Å². The lowest BCUT2D eigenvalue weighted by Gasteiger charge is -2.19. The van der Waals surface area contributed by atoms with Crippen LogP contribution in [0.15, 0.2) is 24.3 Å². The summed E-state index contributed by atoms with van der Waals surface area (Å²) in [5, 5.41) is 17.1. The lowest BCUT2D eigenvalue weighted by atomic mass is 9.87. The molecule has 0 aliphatic heterocycles. The van der Waals surface area contributed by atoms with Gasteiger partial charge >= 0.3 is 0 Å². The van der Waals surface area contributed by atoms with Crippen molar-refractivity contribution < 1.29 is 5.11 Å². The van der Waals surface area contributed by atoms with Gasteiger partial charge in [-0.15, -0.1) is 0 Å². The molecule has 0 saturated carbocycles. The van der Waals surface area contributed by atoms with E-state index in [1.165, 1.54) is 11.1 Å². The van der Waals surface area contributed by atoms with Crippen LogP contribution in [0.1, 0.15) is 43.2 Å². The van der Waals surface area contributed by atoms with E-state index < -0.39 is 0 Å². The summed E-state index contributed by atoms with van der Waals surface area (Å²) in [6.07, 6.45) is 0. The summed E-state index contributed by atoms with van der Waals surface area (Å²) in [6.45, 7) is 12.1. The number of benzene rings is 1. The number of hydrogen-bond acceptors (Lipinski definition) is 3. The second-order valence-corrected chi connectivity index (χ2v) is 6.81. The van der Waals surface area contributed by atoms with Gasteiger partial charge in [0.2, 0.25) is 0 Å². The van der Waals surface area contributed by atoms with E-state index in [4.69, 9.17) is 5.11 Å². The van der Waals surface area contributed by atoms with Gasteiger partial charge in [0.25, 0.3) is 0 Å². The molecule has 0 atom stereocenters. The molecule has 120 valence electrons. The monoisotopic (exact) mass is 301 g/mol. The van der Waals surface area contributed by atoms with Crippen LogP contribution in [0.5, 0.6) is 0 Å². The molecule has 0 radical (unpaired) electrons. The Balaban J connectivity index is 2.10. The maximum atomic E-state index is 9.15. The molecule has 2 rings (SSSR count). The molecule has 2 N–H and O–H groups in total. The molecule has 0 aliphatic carbocycles. The Hall–Kier alpha value is -1.81. The summed E-state index contributed by atoms with van der Waals surface area (Å²) in [5.74, 6) is 0.992. The maximum absolute atomic E-state index is 9.15. The number of nitrogens with one attached hydrogen (secondary N) is 1. The van der Waals surface area contributed by atoms with E-state index >= 15 is 0 Å². The smallest absolute Gasteiger partial charge is 0.127 e. The highest BCUT2D eigenvalue weighted by atomic mass is 16.3. The van der Waals surface area contributed by atoms with Gasteiger partial charge in [-0.25, -0.2) is 4.68 Å². The Morgan fingerprint density at radius 1 is 1.14 bits per heavy atom. The predicted molar refractivity (Wildman–Crippen MR) is 91.3 cm³/mol. The van der Waals surface area contributed by atoms with Gasteiger partial charge in [-0.3, -0.25) is 0 Å². The summed E-state index contributed by atoms with van der Waals surface area (Å²) >= 11 is 0. The Morgan fingerprint density at radius 3 is 2.32 bits per heavy atom. The van der Waals surface area contributed by atoms with Gasteiger partial charge in [-0.05, 0) is 30.4 Å². The van der Waals surface area contributed by atoms with Crippen molar-refractivity contribution in [2.45, 2.75) is 53.1 Å². The Labute approximate surface area is 133 Å². The fourth-order valence-electron chi connectivity index (χ4n) is 2.46. The molecule has 0 unspecified atom stereocenters. The molecule has 2 aromatic rings. The van der Waals surface area contributed by atoms with E-state index in [0.717, 1.165) is 23.6 Å². The highest BCUT2D eigenvalue weighted by Crippen LogP contribution is 2.23. The van der Waals surface area contributed by atoms with Crippen molar-refractivity contribution in [3.63, 3.8) is 0 Å². The largest absolute Gasteiger partial charge is 0.394 e. The summed E-state index contributed by atoms with van der Waals surface area (Å²) in [6, 6.07) is 8.73. The Bertz CT molecular complexity index is 621. The van der Waals surface area contributed by atoms with Crippen molar-refractivity contribution in [1.82, 2.24) is 9.78 Å². The van der Waals surface area contributed by atoms with Gasteiger partial charge < -0.3 is 10.4 Å². The van der Waals surface area contributed by atoms with E-state index in [1.54, 1.807) is 0 Å². The minimum atomic E-state index is 0.0928. The molecule has 4 nitrogen and oxygen atoms in total. The fourth-order valence-corrected chi connectivity index (χ4v) is 2.46. The number of rotatable bonds is 5. The van der Waals surface area contributed by atoms with E-state index in [1.807, 2.05) is 11.6 Å². The summed E-state index contributed by atoms with van der Waals surface area (Å²) < 4.78 is 1.84. The van der Waals surface area contributed by atoms with Gasteiger partial charge in [0, 0.05) is 12.1 Å². The number of aromatic nitrogens is 2. The lowest BCUT2D eigenvalue weighted by Crippen LogP contribution is -2.12. The third kappa shape index (κ3) is 3.69. The molecular formula is C18H27N3O. The van der Waals surface area contributed by atoms with Crippen molar-refractivity contribution in [2.24, 2.45) is 0 Å². The summed E-state index contributed by atoms with van der Waals surface area (Å²) in [4.78, 5) is 0. The van der Waals surface area contributed by atoms with Gasteiger partial charge in [-0.2, -0.15) is 5.10 Å². The van der Waals surface area contributed by atoms with E-state index in [-0.39, 0.29) is 12.0 Å². The molecule has 1 aromatic carbocycles. The maximum Gasteiger partial charge on any atom is 0.127 e. The topological polar surface area (TPSA) is 50.1 Å². The molecule has 0 fully saturated rings. The van der Waals surface area contributed by atoms with E-state index in [9.17, 15) is 0 Å². The zero-order chi connectivity index (χ0) is 16.3. The van der Waals surface area contributed by atoms with Crippen LogP contribution < -0.4 is 5.32 Å². The normalized spacial score (nSPS) is 11.7. The van der Waals surface area contributed by atoms with Crippen LogP contribution >= 0.6 is 0 Å². The average molecular weight is 301 g/mol. The molecule has 0 aliphatic rings. The highest BCUT2D eigenvalue weighted by Gasteiger charge is 2.13. The molecule has 0 saturated heterocycles. The number of hydrogen-bond donors (Lipinski definition) is 2. The average Bonchev–Trinajstić information content (AvgIpc) is 2.72. The number of nitrogens with zero attached hydrogens (tertiary/aromatic N) is 2. The molecular weight excluding hydrogens is 274 g/mol. The minimum absolute atomic E-state index is 0.0928. The van der Waals surface area contributed by atoms with Crippen LogP contribution in [0, 0.1) is 13.8 Å². The molecule has 0 amide bonds. The van der Waals surface area contributed by atoms with Crippen LogP contribution in [-0.4, -0.2) is 21.5 Å². The van der Waals surface area contributed by atoms with Crippen LogP contribution in [-0.2, 0) is 18.5 Å². The third-order valence-electron chi connectivity index (χ3n) is 4.02. The third-order valence-corrected chi connectivity index (χ3v) is 4.02. The van der Waals surface area contributed by atoms with Gasteiger partial charge in [0.1, 0.15) is 5.82 Å². The van der Waals surface area contributed by atoms with Crippen molar-refractivity contribution in [3.05, 3.63) is 46.6 Å². The van der Waals surface area contributed by atoms with Crippen LogP contribution in [0.4, 0.5) is 5.82 Å². The first-order chi connectivity index (χ1) is 10.3. The molecule has 0 spiro atoms. The first kappa shape index (κ1) is 16.6. The van der Waals surface area contributed by atoms with Gasteiger partial charge in [0.05, 0.1) is 18.8 Å². The van der Waals surface area contributed by atoms with E-state index in [2.05, 4.69) is 62.4 Å². The molecule has 1 aromatic heterocycles. The highest BCUT2D eigenvalue weighted by molar-refractivity contribution is 5.47. The SMILES string of the molecule is Cc1nn(CCO)c(NCc2ccc(C(C)(C)C)cc2)c1C. The minimum Gasteiger partial charge on any atom is -0.394 e. The van der Waals surface area contributed by atoms with Gasteiger partial charge in [0.15, 0.2) is 0 Å². The lowest BCUT2D eigenvalue weighted by molar-refractivity contribution is 0.270. The fraction of sp³-hybridized carbons (Fsp3) is 0.500. The van der Waals surface area contributed by atoms with Crippen molar-refractivity contribution in [1.29, 1.82) is 0 Å². The first-order valence-electron chi connectivity index (χ1n) is 7.81. The Morgan fingerprint density at radius 2 is 1.77 bits per heavy atom. The summed E-state index contributed by atoms with van der Waals surface area (Å²) in [7, 11) is 0. The van der Waals surface area contributed by atoms with E-state index in [0.29, 0.717) is 6.54 Å². The van der Waals surface area contributed by atoms with Crippen molar-refractivity contribution in [3.8, 4) is 0 Å². The Kier molecular flexibility index (Phi) is 4.91. The summed E-state index contributed by atoms with van der Waals surface area (Å²) in [5.41, 5.74) is 4.90. The number of aryl methyl sites for hydroxylation is 1.